The van der Waals surface area contributed by atoms with E-state index in [2.05, 4.69) is 31.9 Å². The van der Waals surface area contributed by atoms with Gasteiger partial charge in [0.25, 0.3) is 0 Å². The molecule has 6 heteroatoms. The molecule has 106 valence electrons. The summed E-state index contributed by atoms with van der Waals surface area (Å²) >= 11 is 6.77. The Morgan fingerprint density at radius 1 is 0.900 bits per heavy atom. The lowest BCUT2D eigenvalue weighted by Gasteiger charge is -2.12. The third kappa shape index (κ3) is 3.77. The van der Waals surface area contributed by atoms with Crippen LogP contribution < -0.4 is 10.5 Å². The molecule has 0 fully saturated rings. The first kappa shape index (κ1) is 15.4. The summed E-state index contributed by atoms with van der Waals surface area (Å²) in [4.78, 5) is 0. The van der Waals surface area contributed by atoms with Crippen LogP contribution in [0.15, 0.2) is 39.3 Å². The van der Waals surface area contributed by atoms with E-state index in [1.54, 1.807) is 0 Å². The first-order chi connectivity index (χ1) is 9.49. The summed E-state index contributed by atoms with van der Waals surface area (Å²) in [6, 6.07) is 6.97. The summed E-state index contributed by atoms with van der Waals surface area (Å²) in [6.07, 6.45) is 0. The predicted octanol–water partition coefficient (Wildman–Crippen LogP) is 4.53. The van der Waals surface area contributed by atoms with Gasteiger partial charge in [0.1, 0.15) is 24.0 Å². The van der Waals surface area contributed by atoms with Gasteiger partial charge in [-0.15, -0.1) is 0 Å². The Bertz CT molecular complexity index is 591. The van der Waals surface area contributed by atoms with Crippen molar-refractivity contribution < 1.29 is 13.5 Å². The molecule has 0 amide bonds. The van der Waals surface area contributed by atoms with Gasteiger partial charge in [-0.25, -0.2) is 8.78 Å². The summed E-state index contributed by atoms with van der Waals surface area (Å²) in [5.41, 5.74) is 6.93. The van der Waals surface area contributed by atoms with Crippen molar-refractivity contribution in [2.24, 2.45) is 5.73 Å². The van der Waals surface area contributed by atoms with Crippen molar-refractivity contribution in [1.82, 2.24) is 0 Å². The summed E-state index contributed by atoms with van der Waals surface area (Å²) in [6.45, 7) is 0.473. The van der Waals surface area contributed by atoms with Crippen molar-refractivity contribution in [3.8, 4) is 5.75 Å². The lowest BCUT2D eigenvalue weighted by atomic mass is 10.2. The summed E-state index contributed by atoms with van der Waals surface area (Å²) in [5.74, 6) is -0.688. The molecule has 0 bridgehead atoms. The predicted molar refractivity (Wildman–Crippen MR) is 80.4 cm³/mol. The van der Waals surface area contributed by atoms with Gasteiger partial charge in [-0.2, -0.15) is 0 Å². The van der Waals surface area contributed by atoms with Gasteiger partial charge in [-0.3, -0.25) is 0 Å². The lowest BCUT2D eigenvalue weighted by Crippen LogP contribution is -2.01. The molecule has 0 heterocycles. The van der Waals surface area contributed by atoms with E-state index in [9.17, 15) is 8.78 Å². The standard InChI is InChI=1S/C14H11Br2F2NO/c15-12-3-8(6-19)4-13(16)14(12)20-7-9-1-10(17)5-11(18)2-9/h1-5H,6-7,19H2. The number of nitrogens with two attached hydrogens (primary N) is 1. The average Bonchev–Trinajstić information content (AvgIpc) is 2.36. The highest BCUT2D eigenvalue weighted by molar-refractivity contribution is 9.11. The Labute approximate surface area is 132 Å². The van der Waals surface area contributed by atoms with Crippen molar-refractivity contribution in [1.29, 1.82) is 0 Å². The first-order valence-electron chi connectivity index (χ1n) is 5.75. The number of rotatable bonds is 4. The van der Waals surface area contributed by atoms with Crippen LogP contribution in [0.2, 0.25) is 0 Å². The molecule has 2 aromatic carbocycles. The van der Waals surface area contributed by atoms with E-state index < -0.39 is 11.6 Å². The molecule has 0 aliphatic heterocycles. The van der Waals surface area contributed by atoms with E-state index in [4.69, 9.17) is 10.5 Å². The van der Waals surface area contributed by atoms with Crippen LogP contribution in [0.25, 0.3) is 0 Å². The Hall–Kier alpha value is -0.980. The normalized spacial score (nSPS) is 10.7. The quantitative estimate of drug-likeness (QED) is 0.809. The second-order valence-corrected chi connectivity index (χ2v) is 5.87. The smallest absolute Gasteiger partial charge is 0.148 e. The SMILES string of the molecule is NCc1cc(Br)c(OCc2cc(F)cc(F)c2)c(Br)c1. The molecule has 0 saturated heterocycles. The molecule has 2 rings (SSSR count). The number of hydrogen-bond donors (Lipinski definition) is 1. The number of benzene rings is 2. The fraction of sp³-hybridized carbons (Fsp3) is 0.143. The van der Waals surface area contributed by atoms with E-state index in [0.29, 0.717) is 17.9 Å². The Morgan fingerprint density at radius 3 is 1.95 bits per heavy atom. The molecular weight excluding hydrogens is 396 g/mol. The van der Waals surface area contributed by atoms with Crippen molar-refractivity contribution in [2.75, 3.05) is 0 Å². The van der Waals surface area contributed by atoms with E-state index in [-0.39, 0.29) is 6.61 Å². The van der Waals surface area contributed by atoms with Crippen LogP contribution in [0.3, 0.4) is 0 Å². The van der Waals surface area contributed by atoms with Gasteiger partial charge >= 0.3 is 0 Å². The second-order valence-electron chi connectivity index (χ2n) is 4.16. The van der Waals surface area contributed by atoms with Gasteiger partial charge in [0, 0.05) is 12.6 Å². The molecule has 0 aliphatic carbocycles. The van der Waals surface area contributed by atoms with Crippen molar-refractivity contribution in [3.63, 3.8) is 0 Å². The summed E-state index contributed by atoms with van der Waals surface area (Å²) in [5, 5.41) is 0. The van der Waals surface area contributed by atoms with E-state index in [1.165, 1.54) is 12.1 Å². The Morgan fingerprint density at radius 2 is 1.45 bits per heavy atom. The van der Waals surface area contributed by atoms with Crippen molar-refractivity contribution >= 4 is 31.9 Å². The molecule has 20 heavy (non-hydrogen) atoms. The lowest BCUT2D eigenvalue weighted by molar-refractivity contribution is 0.301. The number of hydrogen-bond acceptors (Lipinski definition) is 2. The molecule has 2 aromatic rings. The molecular formula is C14H11Br2F2NO. The minimum absolute atomic E-state index is 0.0633. The van der Waals surface area contributed by atoms with Crippen LogP contribution in [-0.2, 0) is 13.2 Å². The molecule has 0 atom stereocenters. The van der Waals surface area contributed by atoms with Gasteiger partial charge in [0.05, 0.1) is 8.95 Å². The van der Waals surface area contributed by atoms with Crippen LogP contribution in [0, 0.1) is 11.6 Å². The average molecular weight is 407 g/mol. The van der Waals surface area contributed by atoms with Crippen LogP contribution in [0.4, 0.5) is 8.78 Å². The molecule has 2 nitrogen and oxygen atoms in total. The van der Waals surface area contributed by atoms with Crippen LogP contribution >= 0.6 is 31.9 Å². The molecule has 0 radical (unpaired) electrons. The van der Waals surface area contributed by atoms with E-state index in [0.717, 1.165) is 20.6 Å². The van der Waals surface area contributed by atoms with Crippen LogP contribution in [0.5, 0.6) is 5.75 Å². The monoisotopic (exact) mass is 405 g/mol. The third-order valence-corrected chi connectivity index (χ3v) is 3.78. The number of ether oxygens (including phenoxy) is 1. The van der Waals surface area contributed by atoms with Gasteiger partial charge in [0.15, 0.2) is 0 Å². The third-order valence-electron chi connectivity index (χ3n) is 2.60. The van der Waals surface area contributed by atoms with Gasteiger partial charge in [0.2, 0.25) is 0 Å². The summed E-state index contributed by atoms with van der Waals surface area (Å²) < 4.78 is 33.2. The van der Waals surface area contributed by atoms with Gasteiger partial charge in [-0.05, 0) is 67.3 Å². The minimum atomic E-state index is -0.625. The zero-order valence-corrected chi connectivity index (χ0v) is 13.5. The second kappa shape index (κ2) is 6.65. The molecule has 0 unspecified atom stereocenters. The first-order valence-corrected chi connectivity index (χ1v) is 7.34. The molecule has 0 saturated carbocycles. The van der Waals surface area contributed by atoms with Gasteiger partial charge in [-0.1, -0.05) is 0 Å². The molecule has 0 aromatic heterocycles. The van der Waals surface area contributed by atoms with Crippen LogP contribution in [-0.4, -0.2) is 0 Å². The zero-order valence-electron chi connectivity index (χ0n) is 10.3. The topological polar surface area (TPSA) is 35.2 Å². The highest BCUT2D eigenvalue weighted by Crippen LogP contribution is 2.35. The largest absolute Gasteiger partial charge is 0.487 e. The maximum absolute atomic E-state index is 13.1. The van der Waals surface area contributed by atoms with Crippen molar-refractivity contribution in [3.05, 3.63) is 62.0 Å². The maximum atomic E-state index is 13.1. The Kier molecular flexibility index (Phi) is 5.12. The summed E-state index contributed by atoms with van der Waals surface area (Å²) in [7, 11) is 0. The molecule has 2 N–H and O–H groups in total. The zero-order chi connectivity index (χ0) is 14.7. The number of halogens is 4. The molecule has 0 spiro atoms. The Balaban J connectivity index is 2.18. The fourth-order valence-corrected chi connectivity index (χ4v) is 3.23. The van der Waals surface area contributed by atoms with Gasteiger partial charge < -0.3 is 10.5 Å². The highest BCUT2D eigenvalue weighted by Gasteiger charge is 2.09. The molecule has 0 aliphatic rings. The van der Waals surface area contributed by atoms with Crippen molar-refractivity contribution in [2.45, 2.75) is 13.2 Å². The van der Waals surface area contributed by atoms with E-state index in [1.807, 2.05) is 12.1 Å². The fourth-order valence-electron chi connectivity index (χ4n) is 1.72. The maximum Gasteiger partial charge on any atom is 0.148 e. The van der Waals surface area contributed by atoms with Crippen LogP contribution in [0.1, 0.15) is 11.1 Å². The van der Waals surface area contributed by atoms with E-state index >= 15 is 0 Å². The highest BCUT2D eigenvalue weighted by atomic mass is 79.9. The minimum Gasteiger partial charge on any atom is -0.487 e.